The number of hydrogen-bond donors (Lipinski definition) is 0. The molecule has 0 spiro atoms. The van der Waals surface area contributed by atoms with Gasteiger partial charge in [-0.05, 0) is 54.1 Å². The molecule has 0 atom stereocenters. The van der Waals surface area contributed by atoms with Crippen LogP contribution in [0.4, 0.5) is 0 Å². The molecule has 7 nitrogen and oxygen atoms in total. The maximum absolute atomic E-state index is 12.3. The van der Waals surface area contributed by atoms with Gasteiger partial charge in [-0.1, -0.05) is 30.3 Å². The van der Waals surface area contributed by atoms with Crippen molar-refractivity contribution in [2.45, 2.75) is 13.0 Å². The number of carbonyl (C=O) groups excluding carboxylic acids is 1. The van der Waals surface area contributed by atoms with Crippen LogP contribution in [-0.2, 0) is 22.7 Å². The van der Waals surface area contributed by atoms with E-state index in [-0.39, 0.29) is 12.3 Å². The van der Waals surface area contributed by atoms with Crippen molar-refractivity contribution >= 4 is 5.91 Å². The zero-order valence-corrected chi connectivity index (χ0v) is 19.4. The average Bonchev–Trinajstić information content (AvgIpc) is 3.31. The van der Waals surface area contributed by atoms with E-state index in [1.807, 2.05) is 78.9 Å². The highest BCUT2D eigenvalue weighted by molar-refractivity contribution is 5.80. The molecule has 0 aliphatic heterocycles. The molecule has 7 heteroatoms. The summed E-state index contributed by atoms with van der Waals surface area (Å²) in [6, 6.07) is 25.1. The second-order valence-corrected chi connectivity index (χ2v) is 7.56. The van der Waals surface area contributed by atoms with Gasteiger partial charge in [0.05, 0.1) is 14.2 Å². The van der Waals surface area contributed by atoms with E-state index in [1.54, 1.807) is 14.2 Å². The average molecular weight is 459 g/mol. The van der Waals surface area contributed by atoms with E-state index in [9.17, 15) is 4.79 Å². The number of hydroxylamine groups is 2. The molecule has 1 amide bonds. The number of benzene rings is 3. The van der Waals surface area contributed by atoms with Crippen LogP contribution >= 0.6 is 0 Å². The Balaban J connectivity index is 1.61. The first-order chi connectivity index (χ1) is 16.6. The summed E-state index contributed by atoms with van der Waals surface area (Å²) < 4.78 is 17.2. The zero-order chi connectivity index (χ0) is 23.9. The second-order valence-electron chi connectivity index (χ2n) is 7.56. The molecule has 0 unspecified atom stereocenters. The molecule has 0 saturated carbocycles. The van der Waals surface area contributed by atoms with Crippen molar-refractivity contribution < 1.29 is 23.5 Å². The molecular formula is C27H26N2O5. The van der Waals surface area contributed by atoms with Gasteiger partial charge < -0.3 is 13.9 Å². The van der Waals surface area contributed by atoms with Crippen LogP contribution in [0.1, 0.15) is 11.5 Å². The fraction of sp³-hybridized carbons (Fsp3) is 0.185. The van der Waals surface area contributed by atoms with Gasteiger partial charge >= 0.3 is 0 Å². The maximum Gasteiger partial charge on any atom is 0.255 e. The first kappa shape index (κ1) is 23.1. The molecule has 0 aliphatic rings. The standard InChI is InChI=1S/C27H26N2O5/c1-29(32-3)25(30)17-24-28-26(20-9-13-22(31-2)14-10-20)27(34-24)21-11-15-23(16-12-21)33-18-19-7-5-4-6-8-19/h4-16H,17-18H2,1-3H3. The molecule has 174 valence electrons. The zero-order valence-electron chi connectivity index (χ0n) is 19.4. The maximum atomic E-state index is 12.3. The molecule has 0 saturated heterocycles. The van der Waals surface area contributed by atoms with E-state index < -0.39 is 0 Å². The molecule has 4 aromatic rings. The first-order valence-corrected chi connectivity index (χ1v) is 10.8. The summed E-state index contributed by atoms with van der Waals surface area (Å²) in [5.74, 6) is 2.10. The number of hydrogen-bond acceptors (Lipinski definition) is 6. The number of likely N-dealkylation sites (N-methyl/N-ethyl adjacent to an activating group) is 1. The number of aromatic nitrogens is 1. The van der Waals surface area contributed by atoms with Crippen molar-refractivity contribution in [2.24, 2.45) is 0 Å². The van der Waals surface area contributed by atoms with Gasteiger partial charge in [0.25, 0.3) is 5.91 Å². The second kappa shape index (κ2) is 10.7. The molecule has 0 radical (unpaired) electrons. The highest BCUT2D eigenvalue weighted by Crippen LogP contribution is 2.34. The Hall–Kier alpha value is -4.10. The Labute approximate surface area is 198 Å². The van der Waals surface area contributed by atoms with E-state index in [0.29, 0.717) is 24.0 Å². The van der Waals surface area contributed by atoms with E-state index >= 15 is 0 Å². The lowest BCUT2D eigenvalue weighted by molar-refractivity contribution is -0.168. The van der Waals surface area contributed by atoms with Crippen LogP contribution < -0.4 is 9.47 Å². The molecule has 1 aromatic heterocycles. The molecule has 34 heavy (non-hydrogen) atoms. The van der Waals surface area contributed by atoms with E-state index in [2.05, 4.69) is 4.98 Å². The normalized spacial score (nSPS) is 10.7. The Morgan fingerprint density at radius 3 is 2.18 bits per heavy atom. The van der Waals surface area contributed by atoms with Crippen molar-refractivity contribution in [1.82, 2.24) is 10.0 Å². The van der Waals surface area contributed by atoms with E-state index in [1.165, 1.54) is 7.11 Å². The lowest BCUT2D eigenvalue weighted by atomic mass is 10.1. The predicted octanol–water partition coefficient (Wildman–Crippen LogP) is 5.16. The summed E-state index contributed by atoms with van der Waals surface area (Å²) in [5.41, 5.74) is 3.41. The first-order valence-electron chi connectivity index (χ1n) is 10.8. The van der Waals surface area contributed by atoms with Crippen molar-refractivity contribution in [2.75, 3.05) is 21.3 Å². The van der Waals surface area contributed by atoms with Gasteiger partial charge in [-0.15, -0.1) is 0 Å². The topological polar surface area (TPSA) is 74.0 Å². The van der Waals surface area contributed by atoms with Crippen LogP contribution in [0.5, 0.6) is 11.5 Å². The number of methoxy groups -OCH3 is 1. The third-order valence-corrected chi connectivity index (χ3v) is 5.33. The minimum Gasteiger partial charge on any atom is -0.497 e. The number of carbonyl (C=O) groups is 1. The summed E-state index contributed by atoms with van der Waals surface area (Å²) in [7, 11) is 4.60. The summed E-state index contributed by atoms with van der Waals surface area (Å²) >= 11 is 0. The number of amides is 1. The van der Waals surface area contributed by atoms with E-state index in [0.717, 1.165) is 33.3 Å². The number of rotatable bonds is 9. The molecule has 0 bridgehead atoms. The molecular weight excluding hydrogens is 432 g/mol. The van der Waals surface area contributed by atoms with Crippen molar-refractivity contribution in [1.29, 1.82) is 0 Å². The van der Waals surface area contributed by atoms with Crippen LogP contribution in [0.3, 0.4) is 0 Å². The summed E-state index contributed by atoms with van der Waals surface area (Å²) in [5, 5.41) is 1.15. The predicted molar refractivity (Wildman–Crippen MR) is 128 cm³/mol. The Morgan fingerprint density at radius 2 is 1.53 bits per heavy atom. The fourth-order valence-electron chi connectivity index (χ4n) is 3.37. The highest BCUT2D eigenvalue weighted by atomic mass is 16.7. The Kier molecular flexibility index (Phi) is 7.25. The minimum absolute atomic E-state index is 0.0221. The van der Waals surface area contributed by atoms with Gasteiger partial charge in [0, 0.05) is 18.2 Å². The third-order valence-electron chi connectivity index (χ3n) is 5.33. The van der Waals surface area contributed by atoms with Crippen molar-refractivity contribution in [3.05, 3.63) is 90.3 Å². The number of ether oxygens (including phenoxy) is 2. The van der Waals surface area contributed by atoms with Crippen molar-refractivity contribution in [3.63, 3.8) is 0 Å². The van der Waals surface area contributed by atoms with Gasteiger partial charge in [-0.3, -0.25) is 9.63 Å². The van der Waals surface area contributed by atoms with Crippen LogP contribution in [0.2, 0.25) is 0 Å². The molecule has 0 N–H and O–H groups in total. The quantitative estimate of drug-likeness (QED) is 0.323. The van der Waals surface area contributed by atoms with E-state index in [4.69, 9.17) is 18.7 Å². The van der Waals surface area contributed by atoms with Crippen LogP contribution in [-0.4, -0.2) is 37.2 Å². The molecule has 0 fully saturated rings. The Morgan fingerprint density at radius 1 is 0.882 bits per heavy atom. The van der Waals surface area contributed by atoms with Gasteiger partial charge in [0.2, 0.25) is 5.89 Å². The summed E-state index contributed by atoms with van der Waals surface area (Å²) in [4.78, 5) is 21.9. The monoisotopic (exact) mass is 458 g/mol. The highest BCUT2D eigenvalue weighted by Gasteiger charge is 2.20. The number of oxazole rings is 1. The molecule has 1 heterocycles. The lowest BCUT2D eigenvalue weighted by Gasteiger charge is -2.11. The van der Waals surface area contributed by atoms with Crippen molar-refractivity contribution in [3.8, 4) is 34.1 Å². The number of nitrogens with zero attached hydrogens (tertiary/aromatic N) is 2. The SMILES string of the molecule is COc1ccc(-c2nc(CC(=O)N(C)OC)oc2-c2ccc(OCc3ccccc3)cc2)cc1. The Bertz CT molecular complexity index is 1220. The van der Waals surface area contributed by atoms with Crippen LogP contribution in [0, 0.1) is 0 Å². The third kappa shape index (κ3) is 5.44. The van der Waals surface area contributed by atoms with Crippen LogP contribution in [0.25, 0.3) is 22.6 Å². The fourth-order valence-corrected chi connectivity index (χ4v) is 3.37. The van der Waals surface area contributed by atoms with Gasteiger partial charge in [0.1, 0.15) is 30.2 Å². The van der Waals surface area contributed by atoms with Crippen LogP contribution in [0.15, 0.2) is 83.3 Å². The molecule has 3 aromatic carbocycles. The summed E-state index contributed by atoms with van der Waals surface area (Å²) in [6.45, 7) is 0.485. The smallest absolute Gasteiger partial charge is 0.255 e. The molecule has 0 aliphatic carbocycles. The van der Waals surface area contributed by atoms with Gasteiger partial charge in [0.15, 0.2) is 5.76 Å². The van der Waals surface area contributed by atoms with Gasteiger partial charge in [-0.2, -0.15) is 0 Å². The lowest BCUT2D eigenvalue weighted by Crippen LogP contribution is -2.27. The largest absolute Gasteiger partial charge is 0.497 e. The minimum atomic E-state index is -0.263. The van der Waals surface area contributed by atoms with Gasteiger partial charge in [-0.25, -0.2) is 10.0 Å². The molecule has 4 rings (SSSR count). The summed E-state index contributed by atoms with van der Waals surface area (Å²) in [6.07, 6.45) is -0.0221.